The number of ether oxygens (including phenoxy) is 1. The van der Waals surface area contributed by atoms with E-state index in [2.05, 4.69) is 5.32 Å². The summed E-state index contributed by atoms with van der Waals surface area (Å²) in [5, 5.41) is 2.90. The molecule has 2 amide bonds. The number of methoxy groups -OCH3 is 1. The van der Waals surface area contributed by atoms with Crippen LogP contribution in [0.15, 0.2) is 24.3 Å². The van der Waals surface area contributed by atoms with Crippen LogP contribution < -0.4 is 15.8 Å². The summed E-state index contributed by atoms with van der Waals surface area (Å²) < 4.78 is 5.26. The number of hydrogen-bond donors (Lipinski definition) is 2. The van der Waals surface area contributed by atoms with Crippen LogP contribution in [0.3, 0.4) is 0 Å². The van der Waals surface area contributed by atoms with Crippen LogP contribution in [0.25, 0.3) is 0 Å². The molecular weight excluding hydrogens is 268 g/mol. The largest absolute Gasteiger partial charge is 0.496 e. The number of hydrogen-bond acceptors (Lipinski definition) is 3. The maximum absolute atomic E-state index is 12.3. The molecule has 0 heterocycles. The lowest BCUT2D eigenvalue weighted by Crippen LogP contribution is -2.41. The molecule has 21 heavy (non-hydrogen) atoms. The first-order valence-electron chi connectivity index (χ1n) is 7.32. The molecule has 1 saturated carbocycles. The van der Waals surface area contributed by atoms with Crippen molar-refractivity contribution in [2.24, 2.45) is 17.6 Å². The van der Waals surface area contributed by atoms with Gasteiger partial charge in [0.2, 0.25) is 11.8 Å². The fraction of sp³-hybridized carbons (Fsp3) is 0.500. The van der Waals surface area contributed by atoms with Crippen molar-refractivity contribution < 1.29 is 14.3 Å². The van der Waals surface area contributed by atoms with Crippen molar-refractivity contribution in [3.63, 3.8) is 0 Å². The maximum Gasteiger partial charge on any atom is 0.224 e. The Hall–Kier alpha value is -2.04. The highest BCUT2D eigenvalue weighted by Crippen LogP contribution is 2.30. The van der Waals surface area contributed by atoms with Crippen LogP contribution in [0.5, 0.6) is 5.75 Å². The summed E-state index contributed by atoms with van der Waals surface area (Å²) in [6.07, 6.45) is 3.37. The molecule has 1 aliphatic rings. The smallest absolute Gasteiger partial charge is 0.224 e. The van der Waals surface area contributed by atoms with Gasteiger partial charge in [-0.25, -0.2) is 0 Å². The second-order valence-corrected chi connectivity index (χ2v) is 5.43. The topological polar surface area (TPSA) is 81.4 Å². The molecular formula is C16H22N2O3. The molecule has 5 nitrogen and oxygen atoms in total. The number of benzene rings is 1. The zero-order valence-electron chi connectivity index (χ0n) is 12.3. The summed E-state index contributed by atoms with van der Waals surface area (Å²) in [4.78, 5) is 23.8. The fourth-order valence-electron chi connectivity index (χ4n) is 2.95. The summed E-state index contributed by atoms with van der Waals surface area (Å²) in [5.41, 5.74) is 6.33. The molecule has 1 aromatic rings. The van der Waals surface area contributed by atoms with Crippen LogP contribution in [0, 0.1) is 11.8 Å². The number of nitrogens with two attached hydrogens (primary N) is 1. The second kappa shape index (κ2) is 7.11. The molecule has 0 unspecified atom stereocenters. The van der Waals surface area contributed by atoms with E-state index in [1.54, 1.807) is 7.11 Å². The zero-order valence-corrected chi connectivity index (χ0v) is 12.3. The standard InChI is InChI=1S/C16H22N2O3/c1-21-14-9-5-2-6-11(14)10-18-16(20)13-8-4-3-7-12(13)15(17)19/h2,5-6,9,12-13H,3-4,7-8,10H2,1H3,(H2,17,19)(H,18,20)/t12-,13+/m0/s1. The van der Waals surface area contributed by atoms with E-state index in [1.807, 2.05) is 24.3 Å². The Bertz CT molecular complexity index is 516. The summed E-state index contributed by atoms with van der Waals surface area (Å²) in [6, 6.07) is 7.55. The van der Waals surface area contributed by atoms with E-state index in [0.717, 1.165) is 30.6 Å². The zero-order chi connectivity index (χ0) is 15.2. The number of primary amides is 1. The van der Waals surface area contributed by atoms with Crippen molar-refractivity contribution in [3.05, 3.63) is 29.8 Å². The lowest BCUT2D eigenvalue weighted by atomic mass is 9.78. The Morgan fingerprint density at radius 3 is 2.57 bits per heavy atom. The predicted octanol–water partition coefficient (Wildman–Crippen LogP) is 1.60. The third kappa shape index (κ3) is 3.74. The molecule has 5 heteroatoms. The van der Waals surface area contributed by atoms with Gasteiger partial charge < -0.3 is 15.8 Å². The minimum absolute atomic E-state index is 0.0931. The molecule has 114 valence electrons. The van der Waals surface area contributed by atoms with Gasteiger partial charge >= 0.3 is 0 Å². The van der Waals surface area contributed by atoms with Gasteiger partial charge in [0.05, 0.1) is 7.11 Å². The Morgan fingerprint density at radius 1 is 1.24 bits per heavy atom. The summed E-state index contributed by atoms with van der Waals surface area (Å²) >= 11 is 0. The van der Waals surface area contributed by atoms with E-state index >= 15 is 0 Å². The van der Waals surface area contributed by atoms with E-state index in [0.29, 0.717) is 13.0 Å². The van der Waals surface area contributed by atoms with E-state index in [1.165, 1.54) is 0 Å². The molecule has 0 saturated heterocycles. The van der Waals surface area contributed by atoms with Crippen molar-refractivity contribution in [2.75, 3.05) is 7.11 Å². The van der Waals surface area contributed by atoms with Crippen molar-refractivity contribution in [1.82, 2.24) is 5.32 Å². The summed E-state index contributed by atoms with van der Waals surface area (Å²) in [5.74, 6) is -0.355. The van der Waals surface area contributed by atoms with Gasteiger partial charge in [0.1, 0.15) is 5.75 Å². The van der Waals surface area contributed by atoms with E-state index < -0.39 is 0 Å². The quantitative estimate of drug-likeness (QED) is 0.864. The van der Waals surface area contributed by atoms with Gasteiger partial charge in [0, 0.05) is 23.9 Å². The monoisotopic (exact) mass is 290 g/mol. The van der Waals surface area contributed by atoms with Crippen LogP contribution in [0.4, 0.5) is 0 Å². The van der Waals surface area contributed by atoms with Gasteiger partial charge in [0.15, 0.2) is 0 Å². The van der Waals surface area contributed by atoms with Crippen LogP contribution in [0.2, 0.25) is 0 Å². The molecule has 0 bridgehead atoms. The molecule has 1 aromatic carbocycles. The lowest BCUT2D eigenvalue weighted by Gasteiger charge is -2.28. The summed E-state index contributed by atoms with van der Waals surface area (Å²) in [7, 11) is 1.60. The number of carbonyl (C=O) groups excluding carboxylic acids is 2. The molecule has 1 aliphatic carbocycles. The van der Waals surface area contributed by atoms with Crippen LogP contribution >= 0.6 is 0 Å². The Morgan fingerprint density at radius 2 is 1.90 bits per heavy atom. The highest BCUT2D eigenvalue weighted by atomic mass is 16.5. The minimum Gasteiger partial charge on any atom is -0.496 e. The molecule has 1 fully saturated rings. The normalized spacial score (nSPS) is 21.6. The number of para-hydroxylation sites is 1. The maximum atomic E-state index is 12.3. The average Bonchev–Trinajstić information content (AvgIpc) is 2.52. The molecule has 0 aromatic heterocycles. The van der Waals surface area contributed by atoms with E-state index in [-0.39, 0.29) is 23.7 Å². The van der Waals surface area contributed by atoms with Crippen molar-refractivity contribution in [2.45, 2.75) is 32.2 Å². The fourth-order valence-corrected chi connectivity index (χ4v) is 2.95. The van der Waals surface area contributed by atoms with E-state index in [9.17, 15) is 9.59 Å². The first-order valence-corrected chi connectivity index (χ1v) is 7.32. The van der Waals surface area contributed by atoms with Crippen LogP contribution in [-0.2, 0) is 16.1 Å². The average molecular weight is 290 g/mol. The highest BCUT2D eigenvalue weighted by Gasteiger charge is 2.34. The highest BCUT2D eigenvalue weighted by molar-refractivity contribution is 5.87. The van der Waals surface area contributed by atoms with Gasteiger partial charge in [0.25, 0.3) is 0 Å². The van der Waals surface area contributed by atoms with Crippen molar-refractivity contribution >= 4 is 11.8 Å². The van der Waals surface area contributed by atoms with Crippen molar-refractivity contribution in [1.29, 1.82) is 0 Å². The third-order valence-corrected chi connectivity index (χ3v) is 4.11. The minimum atomic E-state index is -0.368. The third-order valence-electron chi connectivity index (χ3n) is 4.11. The molecule has 2 atom stereocenters. The van der Waals surface area contributed by atoms with Crippen molar-refractivity contribution in [3.8, 4) is 5.75 Å². The first kappa shape index (κ1) is 15.4. The predicted molar refractivity (Wildman–Crippen MR) is 79.5 cm³/mol. The molecule has 2 rings (SSSR count). The number of nitrogens with one attached hydrogen (secondary N) is 1. The van der Waals surface area contributed by atoms with Crippen LogP contribution in [-0.4, -0.2) is 18.9 Å². The Kier molecular flexibility index (Phi) is 5.20. The van der Waals surface area contributed by atoms with Gasteiger partial charge in [-0.15, -0.1) is 0 Å². The Labute approximate surface area is 124 Å². The SMILES string of the molecule is COc1ccccc1CNC(=O)[C@@H]1CCCC[C@@H]1C(N)=O. The number of rotatable bonds is 5. The van der Waals surface area contributed by atoms with E-state index in [4.69, 9.17) is 10.5 Å². The molecule has 0 spiro atoms. The molecule has 0 aliphatic heterocycles. The Balaban J connectivity index is 1.99. The lowest BCUT2D eigenvalue weighted by molar-refractivity contribution is -0.135. The summed E-state index contributed by atoms with van der Waals surface area (Å²) in [6.45, 7) is 0.394. The number of carbonyl (C=O) groups is 2. The molecule has 3 N–H and O–H groups in total. The van der Waals surface area contributed by atoms with Gasteiger partial charge in [-0.1, -0.05) is 31.0 Å². The van der Waals surface area contributed by atoms with Gasteiger partial charge in [-0.05, 0) is 18.9 Å². The van der Waals surface area contributed by atoms with Crippen LogP contribution in [0.1, 0.15) is 31.2 Å². The van der Waals surface area contributed by atoms with Gasteiger partial charge in [-0.3, -0.25) is 9.59 Å². The molecule has 0 radical (unpaired) electrons. The first-order chi connectivity index (χ1) is 10.1. The second-order valence-electron chi connectivity index (χ2n) is 5.43. The van der Waals surface area contributed by atoms with Gasteiger partial charge in [-0.2, -0.15) is 0 Å². The number of amides is 2.